The van der Waals surface area contributed by atoms with Crippen LogP contribution < -0.4 is 5.73 Å². The molecule has 0 aliphatic rings. The van der Waals surface area contributed by atoms with E-state index in [0.29, 0.717) is 28.8 Å². The number of carbonyl (C=O) groups is 2. The van der Waals surface area contributed by atoms with Crippen molar-refractivity contribution in [2.45, 2.75) is 48.1 Å². The second kappa shape index (κ2) is 8.37. The SMILES string of the molecule is Cc1ccc(C)c(C(=O)c2cc(C)c(C(=O)c3cc(C)c(CN)cc3C)cc2C)c1. The zero-order valence-corrected chi connectivity index (χ0v) is 18.6. The highest BCUT2D eigenvalue weighted by Gasteiger charge is 2.20. The fourth-order valence-corrected chi connectivity index (χ4v) is 3.92. The first-order chi connectivity index (χ1) is 14.1. The summed E-state index contributed by atoms with van der Waals surface area (Å²) in [5.41, 5.74) is 15.1. The van der Waals surface area contributed by atoms with Crippen molar-refractivity contribution < 1.29 is 9.59 Å². The van der Waals surface area contributed by atoms with Crippen LogP contribution in [0.5, 0.6) is 0 Å². The Morgan fingerprint density at radius 3 is 1.53 bits per heavy atom. The molecule has 0 aliphatic heterocycles. The van der Waals surface area contributed by atoms with Gasteiger partial charge in [-0.25, -0.2) is 0 Å². The second-order valence-electron chi connectivity index (χ2n) is 8.26. The summed E-state index contributed by atoms with van der Waals surface area (Å²) < 4.78 is 0. The molecule has 0 saturated carbocycles. The van der Waals surface area contributed by atoms with Crippen molar-refractivity contribution in [2.75, 3.05) is 0 Å². The topological polar surface area (TPSA) is 60.2 Å². The number of aryl methyl sites for hydroxylation is 6. The Morgan fingerprint density at radius 2 is 1.03 bits per heavy atom. The van der Waals surface area contributed by atoms with Crippen LogP contribution in [-0.4, -0.2) is 11.6 Å². The first-order valence-electron chi connectivity index (χ1n) is 10.2. The summed E-state index contributed by atoms with van der Waals surface area (Å²) in [6, 6.07) is 13.5. The molecule has 30 heavy (non-hydrogen) atoms. The lowest BCUT2D eigenvalue weighted by Gasteiger charge is -2.15. The van der Waals surface area contributed by atoms with Gasteiger partial charge in [0.25, 0.3) is 0 Å². The molecule has 3 nitrogen and oxygen atoms in total. The van der Waals surface area contributed by atoms with Crippen LogP contribution in [0.3, 0.4) is 0 Å². The highest BCUT2D eigenvalue weighted by atomic mass is 16.1. The Morgan fingerprint density at radius 1 is 0.600 bits per heavy atom. The average Bonchev–Trinajstić information content (AvgIpc) is 2.71. The maximum atomic E-state index is 13.3. The fourth-order valence-electron chi connectivity index (χ4n) is 3.92. The molecule has 3 aromatic rings. The lowest BCUT2D eigenvalue weighted by Crippen LogP contribution is -2.12. The molecule has 154 valence electrons. The first-order valence-corrected chi connectivity index (χ1v) is 10.2. The number of carbonyl (C=O) groups excluding carboxylic acids is 2. The number of hydrogen-bond donors (Lipinski definition) is 1. The number of hydrogen-bond acceptors (Lipinski definition) is 3. The Hall–Kier alpha value is -3.04. The lowest BCUT2D eigenvalue weighted by molar-refractivity contribution is 0.102. The summed E-state index contributed by atoms with van der Waals surface area (Å²) in [6.45, 7) is 12.1. The van der Waals surface area contributed by atoms with Crippen LogP contribution in [0.2, 0.25) is 0 Å². The van der Waals surface area contributed by atoms with E-state index >= 15 is 0 Å². The quantitative estimate of drug-likeness (QED) is 0.580. The maximum absolute atomic E-state index is 13.3. The standard InChI is InChI=1S/C27H29NO2/c1-15-7-8-16(2)22(9-15)26(29)24-12-20(6)25(13-19(24)5)27(30)23-11-17(3)21(14-28)10-18(23)4/h7-13H,14,28H2,1-6H3. The van der Waals surface area contributed by atoms with Gasteiger partial charge < -0.3 is 5.73 Å². The third-order valence-corrected chi connectivity index (χ3v) is 5.85. The van der Waals surface area contributed by atoms with Gasteiger partial charge in [0, 0.05) is 28.8 Å². The lowest BCUT2D eigenvalue weighted by atomic mass is 9.88. The monoisotopic (exact) mass is 399 g/mol. The molecule has 3 aromatic carbocycles. The number of rotatable bonds is 5. The summed E-state index contributed by atoms with van der Waals surface area (Å²) >= 11 is 0. The van der Waals surface area contributed by atoms with Gasteiger partial charge in [0.05, 0.1) is 0 Å². The van der Waals surface area contributed by atoms with Crippen LogP contribution in [0.1, 0.15) is 70.8 Å². The summed E-state index contributed by atoms with van der Waals surface area (Å²) in [5, 5.41) is 0. The number of ketones is 2. The van der Waals surface area contributed by atoms with E-state index in [0.717, 1.165) is 38.9 Å². The number of benzene rings is 3. The molecule has 0 bridgehead atoms. The van der Waals surface area contributed by atoms with E-state index in [1.54, 1.807) is 0 Å². The van der Waals surface area contributed by atoms with Gasteiger partial charge in [-0.15, -0.1) is 0 Å². The second-order valence-corrected chi connectivity index (χ2v) is 8.26. The molecule has 3 rings (SSSR count). The van der Waals surface area contributed by atoms with Crippen molar-refractivity contribution in [3.05, 3.63) is 104 Å². The summed E-state index contributed by atoms with van der Waals surface area (Å²) in [4.78, 5) is 26.5. The molecule has 0 spiro atoms. The Labute approximate surface area is 178 Å². The molecule has 0 unspecified atom stereocenters. The van der Waals surface area contributed by atoms with Crippen molar-refractivity contribution in [1.82, 2.24) is 0 Å². The average molecular weight is 400 g/mol. The van der Waals surface area contributed by atoms with Crippen LogP contribution in [0.15, 0.2) is 42.5 Å². The van der Waals surface area contributed by atoms with Crippen molar-refractivity contribution >= 4 is 11.6 Å². The van der Waals surface area contributed by atoms with E-state index in [2.05, 4.69) is 0 Å². The Kier molecular flexibility index (Phi) is 6.04. The fraction of sp³-hybridized carbons (Fsp3) is 0.259. The number of nitrogens with two attached hydrogens (primary N) is 1. The van der Waals surface area contributed by atoms with Gasteiger partial charge >= 0.3 is 0 Å². The van der Waals surface area contributed by atoms with Crippen LogP contribution >= 0.6 is 0 Å². The summed E-state index contributed by atoms with van der Waals surface area (Å²) in [7, 11) is 0. The molecular weight excluding hydrogens is 370 g/mol. The molecule has 0 radical (unpaired) electrons. The molecule has 3 heteroatoms. The smallest absolute Gasteiger partial charge is 0.193 e. The molecule has 2 N–H and O–H groups in total. The molecule has 0 amide bonds. The molecule has 0 fully saturated rings. The van der Waals surface area contributed by atoms with E-state index < -0.39 is 0 Å². The van der Waals surface area contributed by atoms with E-state index in [4.69, 9.17) is 5.73 Å². The predicted octanol–water partition coefficient (Wildman–Crippen LogP) is 5.46. The van der Waals surface area contributed by atoms with Crippen molar-refractivity contribution in [3.63, 3.8) is 0 Å². The summed E-state index contributed by atoms with van der Waals surface area (Å²) in [6.07, 6.45) is 0. The van der Waals surface area contributed by atoms with Crippen LogP contribution in [0.25, 0.3) is 0 Å². The van der Waals surface area contributed by atoms with Gasteiger partial charge in [-0.1, -0.05) is 23.8 Å². The minimum atomic E-state index is -0.0227. The van der Waals surface area contributed by atoms with Crippen molar-refractivity contribution in [3.8, 4) is 0 Å². The largest absolute Gasteiger partial charge is 0.326 e. The Balaban J connectivity index is 2.05. The van der Waals surface area contributed by atoms with E-state index in [9.17, 15) is 9.59 Å². The van der Waals surface area contributed by atoms with Crippen LogP contribution in [-0.2, 0) is 6.54 Å². The minimum Gasteiger partial charge on any atom is -0.326 e. The van der Waals surface area contributed by atoms with Gasteiger partial charge in [-0.2, -0.15) is 0 Å². The van der Waals surface area contributed by atoms with Gasteiger partial charge in [-0.05, 0) is 99.2 Å². The molecule has 0 heterocycles. The molecule has 0 aliphatic carbocycles. The van der Waals surface area contributed by atoms with Crippen LogP contribution in [0.4, 0.5) is 0 Å². The minimum absolute atomic E-state index is 0.00452. The van der Waals surface area contributed by atoms with Crippen molar-refractivity contribution in [1.29, 1.82) is 0 Å². The van der Waals surface area contributed by atoms with E-state index in [1.807, 2.05) is 84.0 Å². The highest BCUT2D eigenvalue weighted by Crippen LogP contribution is 2.25. The molecule has 0 saturated heterocycles. The third-order valence-electron chi connectivity index (χ3n) is 5.85. The zero-order chi connectivity index (χ0) is 22.2. The Bertz CT molecular complexity index is 1170. The van der Waals surface area contributed by atoms with Gasteiger partial charge in [0.1, 0.15) is 0 Å². The van der Waals surface area contributed by atoms with Gasteiger partial charge in [-0.3, -0.25) is 9.59 Å². The predicted molar refractivity (Wildman–Crippen MR) is 123 cm³/mol. The van der Waals surface area contributed by atoms with Crippen molar-refractivity contribution in [2.24, 2.45) is 5.73 Å². The molecule has 0 aromatic heterocycles. The molecule has 0 atom stereocenters. The van der Waals surface area contributed by atoms with Gasteiger partial charge in [0.2, 0.25) is 0 Å². The first kappa shape index (κ1) is 21.7. The van der Waals surface area contributed by atoms with Gasteiger partial charge in [0.15, 0.2) is 11.6 Å². The third kappa shape index (κ3) is 3.99. The molecular formula is C27H29NO2. The van der Waals surface area contributed by atoms with E-state index in [-0.39, 0.29) is 11.6 Å². The zero-order valence-electron chi connectivity index (χ0n) is 18.6. The maximum Gasteiger partial charge on any atom is 0.193 e. The van der Waals surface area contributed by atoms with Crippen LogP contribution in [0, 0.1) is 41.5 Å². The normalized spacial score (nSPS) is 10.9. The van der Waals surface area contributed by atoms with E-state index in [1.165, 1.54) is 0 Å². The highest BCUT2D eigenvalue weighted by molar-refractivity contribution is 6.14. The summed E-state index contributed by atoms with van der Waals surface area (Å²) in [5.74, 6) is -0.0272.